The van der Waals surface area contributed by atoms with Gasteiger partial charge >= 0.3 is 0 Å². The highest BCUT2D eigenvalue weighted by Gasteiger charge is 2.16. The average molecular weight is 588 g/mol. The van der Waals surface area contributed by atoms with E-state index in [1.807, 2.05) is 54.9 Å². The van der Waals surface area contributed by atoms with Gasteiger partial charge < -0.3 is 0 Å². The maximum atomic E-state index is 5.37. The van der Waals surface area contributed by atoms with E-state index in [4.69, 9.17) is 19.9 Å². The topological polar surface area (TPSA) is 64.5 Å². The van der Waals surface area contributed by atoms with Crippen molar-refractivity contribution in [3.8, 4) is 45.2 Å². The Labute approximate surface area is 264 Å². The van der Waals surface area contributed by atoms with Crippen LogP contribution in [0.5, 0.6) is 0 Å². The Bertz CT molecular complexity index is 2520. The fourth-order valence-electron chi connectivity index (χ4n) is 6.32. The van der Waals surface area contributed by atoms with Crippen molar-refractivity contribution in [2.75, 3.05) is 0 Å². The van der Waals surface area contributed by atoms with E-state index < -0.39 is 0 Å². The number of pyridine rings is 3. The normalized spacial score (nSPS) is 11.5. The third kappa shape index (κ3) is 4.37. The molecule has 0 spiro atoms. The van der Waals surface area contributed by atoms with Crippen LogP contribution in [0, 0.1) is 0 Å². The molecule has 0 aliphatic carbocycles. The summed E-state index contributed by atoms with van der Waals surface area (Å²) < 4.78 is 0. The van der Waals surface area contributed by atoms with Gasteiger partial charge in [0.15, 0.2) is 5.82 Å². The minimum absolute atomic E-state index is 0.666. The molecule has 0 aliphatic rings. The van der Waals surface area contributed by atoms with E-state index in [0.29, 0.717) is 5.82 Å². The number of rotatable bonds is 4. The molecular weight excluding hydrogens is 562 g/mol. The van der Waals surface area contributed by atoms with E-state index in [-0.39, 0.29) is 0 Å². The average Bonchev–Trinajstić information content (AvgIpc) is 3.14. The first-order valence-electron chi connectivity index (χ1n) is 15.3. The SMILES string of the molecule is c1ccc(-c2cc(-c3ccccc3)nc(-c3cccc(-c4nc5c(cnc6c5ccc5cccnc56)c5ccccc45)c3)n2)cc1. The van der Waals surface area contributed by atoms with Crippen LogP contribution in [0.25, 0.3) is 88.6 Å². The Kier molecular flexibility index (Phi) is 6.06. The highest BCUT2D eigenvalue weighted by Crippen LogP contribution is 2.37. The monoisotopic (exact) mass is 587 g/mol. The summed E-state index contributed by atoms with van der Waals surface area (Å²) in [7, 11) is 0. The van der Waals surface area contributed by atoms with Crippen LogP contribution >= 0.6 is 0 Å². The van der Waals surface area contributed by atoms with E-state index >= 15 is 0 Å². The predicted molar refractivity (Wildman–Crippen MR) is 187 cm³/mol. The molecule has 0 radical (unpaired) electrons. The lowest BCUT2D eigenvalue weighted by Crippen LogP contribution is -1.97. The zero-order valence-electron chi connectivity index (χ0n) is 24.7. The minimum Gasteiger partial charge on any atom is -0.254 e. The molecular formula is C41H25N5. The maximum absolute atomic E-state index is 5.37. The fourth-order valence-corrected chi connectivity index (χ4v) is 6.32. The summed E-state index contributed by atoms with van der Waals surface area (Å²) in [4.78, 5) is 25.1. The first-order chi connectivity index (χ1) is 22.8. The van der Waals surface area contributed by atoms with Crippen LogP contribution in [-0.4, -0.2) is 24.9 Å². The van der Waals surface area contributed by atoms with Crippen LogP contribution in [0.3, 0.4) is 0 Å². The van der Waals surface area contributed by atoms with Crippen molar-refractivity contribution >= 4 is 43.5 Å². The van der Waals surface area contributed by atoms with Gasteiger partial charge in [-0.05, 0) is 29.7 Å². The number of aromatic nitrogens is 5. The van der Waals surface area contributed by atoms with Crippen molar-refractivity contribution in [3.63, 3.8) is 0 Å². The largest absolute Gasteiger partial charge is 0.254 e. The Hall–Kier alpha value is -6.33. The minimum atomic E-state index is 0.666. The lowest BCUT2D eigenvalue weighted by molar-refractivity contribution is 1.18. The van der Waals surface area contributed by atoms with E-state index in [1.54, 1.807) is 0 Å². The number of benzene rings is 5. The Morgan fingerprint density at radius 1 is 0.370 bits per heavy atom. The number of hydrogen-bond donors (Lipinski definition) is 0. The molecule has 214 valence electrons. The van der Waals surface area contributed by atoms with Crippen molar-refractivity contribution in [3.05, 3.63) is 152 Å². The zero-order chi connectivity index (χ0) is 30.5. The van der Waals surface area contributed by atoms with E-state index in [1.165, 1.54) is 0 Å². The van der Waals surface area contributed by atoms with Gasteiger partial charge in [0.2, 0.25) is 0 Å². The third-order valence-corrected chi connectivity index (χ3v) is 8.54. The van der Waals surface area contributed by atoms with E-state index in [0.717, 1.165) is 82.8 Å². The van der Waals surface area contributed by atoms with Crippen LogP contribution in [0.15, 0.2) is 152 Å². The van der Waals surface area contributed by atoms with E-state index in [2.05, 4.69) is 102 Å². The second-order valence-corrected chi connectivity index (χ2v) is 11.3. The summed E-state index contributed by atoms with van der Waals surface area (Å²) in [5.41, 5.74) is 9.31. The molecule has 0 amide bonds. The predicted octanol–water partition coefficient (Wildman–Crippen LogP) is 9.94. The Morgan fingerprint density at radius 2 is 1.04 bits per heavy atom. The molecule has 0 atom stereocenters. The van der Waals surface area contributed by atoms with Gasteiger partial charge in [0.25, 0.3) is 0 Å². The van der Waals surface area contributed by atoms with Crippen molar-refractivity contribution in [2.45, 2.75) is 0 Å². The molecule has 5 nitrogen and oxygen atoms in total. The smallest absolute Gasteiger partial charge is 0.160 e. The van der Waals surface area contributed by atoms with Gasteiger partial charge in [0, 0.05) is 56.2 Å². The maximum Gasteiger partial charge on any atom is 0.160 e. The molecule has 46 heavy (non-hydrogen) atoms. The quantitative estimate of drug-likeness (QED) is 0.192. The molecule has 0 unspecified atom stereocenters. The molecule has 4 aromatic heterocycles. The molecule has 5 heteroatoms. The molecule has 0 saturated heterocycles. The highest BCUT2D eigenvalue weighted by molar-refractivity contribution is 6.20. The molecule has 9 aromatic rings. The molecule has 0 bridgehead atoms. The van der Waals surface area contributed by atoms with Gasteiger partial charge in [-0.1, -0.05) is 115 Å². The van der Waals surface area contributed by atoms with Gasteiger partial charge in [-0.2, -0.15) is 0 Å². The third-order valence-electron chi connectivity index (χ3n) is 8.54. The van der Waals surface area contributed by atoms with Gasteiger partial charge in [-0.15, -0.1) is 0 Å². The second-order valence-electron chi connectivity index (χ2n) is 11.3. The molecule has 0 saturated carbocycles. The summed E-state index contributed by atoms with van der Waals surface area (Å²) in [6.07, 6.45) is 3.76. The zero-order valence-corrected chi connectivity index (χ0v) is 24.7. The lowest BCUT2D eigenvalue weighted by atomic mass is 9.98. The first kappa shape index (κ1) is 26.1. The summed E-state index contributed by atoms with van der Waals surface area (Å²) in [5, 5.41) is 5.24. The highest BCUT2D eigenvalue weighted by atomic mass is 14.9. The number of fused-ring (bicyclic) bond motifs is 7. The Balaban J connectivity index is 1.27. The summed E-state index contributed by atoms with van der Waals surface area (Å²) in [6.45, 7) is 0. The van der Waals surface area contributed by atoms with Gasteiger partial charge in [-0.25, -0.2) is 15.0 Å². The molecule has 5 aromatic carbocycles. The van der Waals surface area contributed by atoms with Crippen LogP contribution in [-0.2, 0) is 0 Å². The molecule has 9 rings (SSSR count). The lowest BCUT2D eigenvalue weighted by Gasteiger charge is -2.13. The van der Waals surface area contributed by atoms with Gasteiger partial charge in [-0.3, -0.25) is 9.97 Å². The number of hydrogen-bond acceptors (Lipinski definition) is 5. The first-order valence-corrected chi connectivity index (χ1v) is 15.3. The molecule has 4 heterocycles. The van der Waals surface area contributed by atoms with Crippen molar-refractivity contribution in [2.24, 2.45) is 0 Å². The summed E-state index contributed by atoms with van der Waals surface area (Å²) in [6, 6.07) is 47.6. The summed E-state index contributed by atoms with van der Waals surface area (Å²) in [5.74, 6) is 0.666. The van der Waals surface area contributed by atoms with Gasteiger partial charge in [0.05, 0.1) is 33.6 Å². The van der Waals surface area contributed by atoms with Crippen molar-refractivity contribution < 1.29 is 0 Å². The molecule has 0 aliphatic heterocycles. The molecule has 0 N–H and O–H groups in total. The standard InChI is InChI=1S/C41H25N5/c1-3-11-26(12-4-1)35-24-36(27-13-5-2-6-14-27)45-41(44-35)30-16-9-15-29(23-30)37-32-19-8-7-18-31(32)34-25-43-40-33(39(34)46-37)21-20-28-17-10-22-42-38(28)40/h1-25H. The van der Waals surface area contributed by atoms with Crippen LogP contribution < -0.4 is 0 Å². The van der Waals surface area contributed by atoms with E-state index in [9.17, 15) is 0 Å². The molecule has 0 fully saturated rings. The van der Waals surface area contributed by atoms with Crippen molar-refractivity contribution in [1.29, 1.82) is 0 Å². The van der Waals surface area contributed by atoms with Crippen LogP contribution in [0.4, 0.5) is 0 Å². The van der Waals surface area contributed by atoms with Crippen LogP contribution in [0.2, 0.25) is 0 Å². The van der Waals surface area contributed by atoms with Crippen molar-refractivity contribution in [1.82, 2.24) is 24.9 Å². The fraction of sp³-hybridized carbons (Fsp3) is 0. The van der Waals surface area contributed by atoms with Crippen LogP contribution in [0.1, 0.15) is 0 Å². The second kappa shape index (κ2) is 10.7. The number of nitrogens with zero attached hydrogens (tertiary/aromatic N) is 5. The summed E-state index contributed by atoms with van der Waals surface area (Å²) >= 11 is 0. The van der Waals surface area contributed by atoms with Gasteiger partial charge in [0.1, 0.15) is 0 Å². The Morgan fingerprint density at radius 3 is 1.80 bits per heavy atom.